The van der Waals surface area contributed by atoms with Crippen molar-refractivity contribution in [3.8, 4) is 6.07 Å². The van der Waals surface area contributed by atoms with Crippen LogP contribution in [0.1, 0.15) is 24.0 Å². The topological polar surface area (TPSA) is 207 Å². The Balaban J connectivity index is 2.25. The molecule has 0 unspecified atom stereocenters. The van der Waals surface area contributed by atoms with E-state index in [4.69, 9.17) is 17.2 Å². The summed E-state index contributed by atoms with van der Waals surface area (Å²) >= 11 is 0. The molecule has 0 spiro atoms. The maximum absolute atomic E-state index is 13.0. The summed E-state index contributed by atoms with van der Waals surface area (Å²) in [5.41, 5.74) is 16.8. The van der Waals surface area contributed by atoms with Crippen LogP contribution < -0.4 is 27.2 Å². The fraction of sp³-hybridized carbons (Fsp3) is 0.273. The van der Waals surface area contributed by atoms with E-state index in [1.54, 1.807) is 24.3 Å². The molecule has 0 saturated carbocycles. The van der Waals surface area contributed by atoms with Crippen molar-refractivity contribution in [2.75, 3.05) is 6.54 Å². The van der Waals surface area contributed by atoms with E-state index in [9.17, 15) is 23.3 Å². The monoisotopic (exact) mass is 485 g/mol. The highest BCUT2D eigenvalue weighted by atomic mass is 32.2. The zero-order valence-corrected chi connectivity index (χ0v) is 19.2. The molecule has 0 aromatic heterocycles. The zero-order valence-electron chi connectivity index (χ0n) is 18.3. The summed E-state index contributed by atoms with van der Waals surface area (Å²) in [7, 11) is -4.25. The van der Waals surface area contributed by atoms with Crippen LogP contribution in [0.4, 0.5) is 0 Å². The van der Waals surface area contributed by atoms with E-state index in [0.717, 1.165) is 5.56 Å². The molecule has 34 heavy (non-hydrogen) atoms. The minimum absolute atomic E-state index is 0.0212. The van der Waals surface area contributed by atoms with Gasteiger partial charge in [0, 0.05) is 13.0 Å². The third-order valence-electron chi connectivity index (χ3n) is 4.80. The van der Waals surface area contributed by atoms with E-state index in [1.165, 1.54) is 24.3 Å². The fourth-order valence-corrected chi connectivity index (χ4v) is 4.52. The lowest BCUT2D eigenvalue weighted by Gasteiger charge is -2.22. The summed E-state index contributed by atoms with van der Waals surface area (Å²) < 4.78 is 28.3. The summed E-state index contributed by atoms with van der Waals surface area (Å²) in [6, 6.07) is 14.0. The SMILES string of the molecule is N#Cc1ccccc1S(=O)(=O)N[C@@H](CCCN=C(N)N)C(=O)N[C@@H](Cc1ccccc1)C(N)=O. The van der Waals surface area contributed by atoms with Crippen LogP contribution >= 0.6 is 0 Å². The number of sulfonamides is 1. The first-order chi connectivity index (χ1) is 16.1. The average molecular weight is 486 g/mol. The molecule has 0 aliphatic rings. The van der Waals surface area contributed by atoms with Gasteiger partial charge in [0.15, 0.2) is 5.96 Å². The molecule has 2 atom stereocenters. The number of carbonyl (C=O) groups is 2. The van der Waals surface area contributed by atoms with Gasteiger partial charge >= 0.3 is 0 Å². The molecule has 2 rings (SSSR count). The number of rotatable bonds is 12. The van der Waals surface area contributed by atoms with Crippen molar-refractivity contribution >= 4 is 27.8 Å². The highest BCUT2D eigenvalue weighted by Crippen LogP contribution is 2.16. The normalized spacial score (nSPS) is 12.7. The molecule has 0 fully saturated rings. The number of aliphatic imine (C=N–C) groups is 1. The lowest BCUT2D eigenvalue weighted by molar-refractivity contribution is -0.128. The van der Waals surface area contributed by atoms with Gasteiger partial charge in [-0.25, -0.2) is 8.42 Å². The lowest BCUT2D eigenvalue weighted by Crippen LogP contribution is -2.53. The quantitative estimate of drug-likeness (QED) is 0.151. The molecular weight excluding hydrogens is 458 g/mol. The van der Waals surface area contributed by atoms with Crippen molar-refractivity contribution in [2.24, 2.45) is 22.2 Å². The van der Waals surface area contributed by atoms with E-state index in [0.29, 0.717) is 0 Å². The molecule has 12 heteroatoms. The van der Waals surface area contributed by atoms with Gasteiger partial charge in [-0.2, -0.15) is 9.98 Å². The average Bonchev–Trinajstić information content (AvgIpc) is 2.80. The molecule has 0 aliphatic heterocycles. The Morgan fingerprint density at radius 1 is 1.00 bits per heavy atom. The highest BCUT2D eigenvalue weighted by molar-refractivity contribution is 7.89. The first-order valence-corrected chi connectivity index (χ1v) is 11.8. The Morgan fingerprint density at radius 2 is 1.65 bits per heavy atom. The molecule has 2 aromatic carbocycles. The largest absolute Gasteiger partial charge is 0.370 e. The first kappa shape index (κ1) is 26.3. The first-order valence-electron chi connectivity index (χ1n) is 10.3. The number of primary amides is 1. The van der Waals surface area contributed by atoms with E-state index in [-0.39, 0.29) is 42.2 Å². The summed E-state index contributed by atoms with van der Waals surface area (Å²) in [5, 5.41) is 11.8. The summed E-state index contributed by atoms with van der Waals surface area (Å²) in [6.45, 7) is 0.159. The number of hydrogen-bond donors (Lipinski definition) is 5. The second-order valence-electron chi connectivity index (χ2n) is 7.38. The van der Waals surface area contributed by atoms with E-state index < -0.39 is 33.9 Å². The molecule has 2 amide bonds. The Bertz CT molecular complexity index is 1170. The van der Waals surface area contributed by atoms with Crippen LogP contribution in [0.3, 0.4) is 0 Å². The van der Waals surface area contributed by atoms with Gasteiger partial charge in [0.05, 0.1) is 10.5 Å². The minimum Gasteiger partial charge on any atom is -0.370 e. The molecule has 11 nitrogen and oxygen atoms in total. The fourth-order valence-electron chi connectivity index (χ4n) is 3.14. The summed E-state index contributed by atoms with van der Waals surface area (Å²) in [6.07, 6.45) is 0.415. The van der Waals surface area contributed by atoms with Crippen LogP contribution in [-0.4, -0.2) is 44.8 Å². The third kappa shape index (κ3) is 7.88. The van der Waals surface area contributed by atoms with Gasteiger partial charge in [-0.15, -0.1) is 0 Å². The molecule has 0 radical (unpaired) electrons. The van der Waals surface area contributed by atoms with Crippen molar-refractivity contribution in [1.82, 2.24) is 10.0 Å². The van der Waals surface area contributed by atoms with Crippen molar-refractivity contribution in [3.05, 3.63) is 65.7 Å². The number of guanidine groups is 1. The number of nitrogens with zero attached hydrogens (tertiary/aromatic N) is 2. The van der Waals surface area contributed by atoms with Crippen LogP contribution in [0.2, 0.25) is 0 Å². The lowest BCUT2D eigenvalue weighted by atomic mass is 10.0. The molecule has 0 heterocycles. The predicted molar refractivity (Wildman–Crippen MR) is 126 cm³/mol. The van der Waals surface area contributed by atoms with Crippen LogP contribution in [0.5, 0.6) is 0 Å². The standard InChI is InChI=1S/C22H27N7O4S/c23-14-16-9-4-5-11-19(16)34(32,33)29-17(10-6-12-27-22(25)26)21(31)28-18(20(24)30)13-15-7-2-1-3-8-15/h1-5,7-9,11,17-18,29H,6,10,12-13H2,(H2,24,30)(H,28,31)(H4,25,26,27)/t17-,18-/m0/s1. The van der Waals surface area contributed by atoms with E-state index in [2.05, 4.69) is 15.0 Å². The van der Waals surface area contributed by atoms with E-state index in [1.807, 2.05) is 12.1 Å². The Labute approximate surface area is 198 Å². The number of nitrogens with two attached hydrogens (primary N) is 3. The number of carbonyl (C=O) groups excluding carboxylic acids is 2. The second-order valence-corrected chi connectivity index (χ2v) is 9.07. The second kappa shape index (κ2) is 12.3. The number of hydrogen-bond acceptors (Lipinski definition) is 6. The van der Waals surface area contributed by atoms with Gasteiger partial charge in [-0.05, 0) is 30.5 Å². The van der Waals surface area contributed by atoms with Crippen molar-refractivity contribution < 1.29 is 18.0 Å². The van der Waals surface area contributed by atoms with Crippen molar-refractivity contribution in [3.63, 3.8) is 0 Å². The van der Waals surface area contributed by atoms with Gasteiger partial charge in [-0.1, -0.05) is 42.5 Å². The summed E-state index contributed by atoms with van der Waals surface area (Å²) in [5.74, 6) is -1.65. The zero-order chi connectivity index (χ0) is 25.1. The van der Waals surface area contributed by atoms with Gasteiger partial charge in [-0.3, -0.25) is 14.6 Å². The van der Waals surface area contributed by atoms with E-state index >= 15 is 0 Å². The number of benzene rings is 2. The smallest absolute Gasteiger partial charge is 0.242 e. The Hall–Kier alpha value is -3.95. The molecular formula is C22H27N7O4S. The summed E-state index contributed by atoms with van der Waals surface area (Å²) in [4.78, 5) is 28.6. The molecule has 0 aliphatic carbocycles. The Morgan fingerprint density at radius 3 is 2.26 bits per heavy atom. The highest BCUT2D eigenvalue weighted by Gasteiger charge is 2.29. The molecule has 180 valence electrons. The molecule has 8 N–H and O–H groups in total. The van der Waals surface area contributed by atoms with Crippen LogP contribution in [0, 0.1) is 11.3 Å². The number of amides is 2. The predicted octanol–water partition coefficient (Wildman–Crippen LogP) is -0.528. The Kier molecular flexibility index (Phi) is 9.54. The van der Waals surface area contributed by atoms with Gasteiger partial charge in [0.1, 0.15) is 18.2 Å². The minimum atomic E-state index is -4.25. The molecule has 0 saturated heterocycles. The van der Waals surface area contributed by atoms with Gasteiger partial charge in [0.2, 0.25) is 21.8 Å². The van der Waals surface area contributed by atoms with Crippen molar-refractivity contribution in [2.45, 2.75) is 36.2 Å². The molecule has 2 aromatic rings. The van der Waals surface area contributed by atoms with Crippen molar-refractivity contribution in [1.29, 1.82) is 5.26 Å². The maximum atomic E-state index is 13.0. The number of nitriles is 1. The van der Waals surface area contributed by atoms with Gasteiger partial charge in [0.25, 0.3) is 0 Å². The van der Waals surface area contributed by atoms with Crippen LogP contribution in [0.15, 0.2) is 64.5 Å². The van der Waals surface area contributed by atoms with Gasteiger partial charge < -0.3 is 22.5 Å². The van der Waals surface area contributed by atoms with Crippen LogP contribution in [0.25, 0.3) is 0 Å². The molecule has 0 bridgehead atoms. The maximum Gasteiger partial charge on any atom is 0.242 e. The van der Waals surface area contributed by atoms with Crippen LogP contribution in [-0.2, 0) is 26.0 Å². The number of nitrogens with one attached hydrogen (secondary N) is 2. The third-order valence-corrected chi connectivity index (χ3v) is 6.33.